The summed E-state index contributed by atoms with van der Waals surface area (Å²) in [5.74, 6) is -1.61. The number of nitrogens with one attached hydrogen (secondary N) is 1. The van der Waals surface area contributed by atoms with Crippen LogP contribution in [0.2, 0.25) is 5.02 Å². The second kappa shape index (κ2) is 13.1. The van der Waals surface area contributed by atoms with Crippen molar-refractivity contribution in [1.82, 2.24) is 14.6 Å². The standard InChI is InChI=1S/C33H34ClFN4O4S/c1-21-16-27(39(41)42)18-30(36-21)32(40)37-44(43)31-9-6-24(17-29(31)35)22-11-14-38(15-12-22)20-25-10-13-33(2,3)19-28(25)23-4-7-26(34)8-5-23/h4-9,11,16-18H,10,12-15,19-20H2,1-3H3,(H,37,40). The van der Waals surface area contributed by atoms with Gasteiger partial charge >= 0.3 is 0 Å². The molecule has 1 atom stereocenters. The van der Waals surface area contributed by atoms with E-state index in [0.29, 0.717) is 5.56 Å². The fourth-order valence-electron chi connectivity index (χ4n) is 5.77. The highest BCUT2D eigenvalue weighted by Crippen LogP contribution is 2.43. The summed E-state index contributed by atoms with van der Waals surface area (Å²) < 4.78 is 30.1. The molecule has 1 aliphatic heterocycles. The number of nitro groups is 1. The van der Waals surface area contributed by atoms with Gasteiger partial charge in [0.05, 0.1) is 9.82 Å². The van der Waals surface area contributed by atoms with Gasteiger partial charge in [-0.2, -0.15) is 0 Å². The van der Waals surface area contributed by atoms with E-state index in [1.165, 1.54) is 41.8 Å². The number of benzene rings is 2. The summed E-state index contributed by atoms with van der Waals surface area (Å²) in [5, 5.41) is 11.8. The predicted octanol–water partition coefficient (Wildman–Crippen LogP) is 7.30. The Morgan fingerprint density at radius 2 is 1.86 bits per heavy atom. The lowest BCUT2D eigenvalue weighted by atomic mass is 9.72. The fourth-order valence-corrected chi connectivity index (χ4v) is 6.70. The van der Waals surface area contributed by atoms with Crippen LogP contribution in [0.15, 0.2) is 71.1 Å². The molecule has 0 radical (unpaired) electrons. The molecule has 0 spiro atoms. The van der Waals surface area contributed by atoms with Gasteiger partial charge in [-0.3, -0.25) is 24.5 Å². The van der Waals surface area contributed by atoms with Crippen molar-refractivity contribution in [1.29, 1.82) is 0 Å². The fraction of sp³-hybridized carbons (Fsp3) is 0.333. The Hall–Kier alpha value is -3.73. The number of halogens is 2. The average molecular weight is 637 g/mol. The molecule has 0 saturated heterocycles. The predicted molar refractivity (Wildman–Crippen MR) is 171 cm³/mol. The minimum Gasteiger partial charge on any atom is -0.295 e. The minimum absolute atomic E-state index is 0.191. The molecule has 0 fully saturated rings. The summed E-state index contributed by atoms with van der Waals surface area (Å²) in [7, 11) is -2.22. The molecule has 44 heavy (non-hydrogen) atoms. The highest BCUT2D eigenvalue weighted by atomic mass is 35.5. The minimum atomic E-state index is -2.22. The maximum absolute atomic E-state index is 15.1. The molecule has 3 aromatic rings. The third kappa shape index (κ3) is 7.49. The van der Waals surface area contributed by atoms with E-state index in [2.05, 4.69) is 46.7 Å². The van der Waals surface area contributed by atoms with Crippen LogP contribution >= 0.6 is 11.6 Å². The number of aryl methyl sites for hydroxylation is 1. The Labute approximate surface area is 263 Å². The SMILES string of the molecule is Cc1cc([N+](=O)[O-])cc(C(=O)NS(=O)c2ccc(C3=CCN(CC4=C(c5ccc(Cl)cc5)CC(C)(C)CC4)CC3)cc2F)n1. The van der Waals surface area contributed by atoms with Crippen LogP contribution in [0.1, 0.15) is 66.8 Å². The van der Waals surface area contributed by atoms with Gasteiger partial charge in [-0.25, -0.2) is 13.6 Å². The summed E-state index contributed by atoms with van der Waals surface area (Å²) in [5.41, 5.74) is 5.71. The first-order valence-electron chi connectivity index (χ1n) is 14.4. The van der Waals surface area contributed by atoms with Crippen LogP contribution in [-0.4, -0.2) is 44.6 Å². The monoisotopic (exact) mass is 636 g/mol. The van der Waals surface area contributed by atoms with Gasteiger partial charge in [-0.15, -0.1) is 0 Å². The van der Waals surface area contributed by atoms with E-state index in [1.807, 2.05) is 12.1 Å². The summed E-state index contributed by atoms with van der Waals surface area (Å²) in [4.78, 5) is 29.2. The molecule has 11 heteroatoms. The Morgan fingerprint density at radius 1 is 1.14 bits per heavy atom. The molecule has 0 saturated carbocycles. The second-order valence-corrected chi connectivity index (χ2v) is 13.7. The van der Waals surface area contributed by atoms with Crippen molar-refractivity contribution in [3.63, 3.8) is 0 Å². The zero-order chi connectivity index (χ0) is 31.6. The van der Waals surface area contributed by atoms with Crippen molar-refractivity contribution in [2.24, 2.45) is 5.41 Å². The van der Waals surface area contributed by atoms with Crippen molar-refractivity contribution < 1.29 is 18.3 Å². The lowest BCUT2D eigenvalue weighted by Gasteiger charge is -2.36. The Kier molecular flexibility index (Phi) is 9.43. The zero-order valence-electron chi connectivity index (χ0n) is 24.9. The zero-order valence-corrected chi connectivity index (χ0v) is 26.4. The van der Waals surface area contributed by atoms with E-state index in [4.69, 9.17) is 11.6 Å². The molecule has 230 valence electrons. The van der Waals surface area contributed by atoms with E-state index >= 15 is 4.39 Å². The first-order chi connectivity index (χ1) is 20.9. The van der Waals surface area contributed by atoms with Crippen molar-refractivity contribution in [2.45, 2.75) is 51.3 Å². The molecule has 1 unspecified atom stereocenters. The smallest absolute Gasteiger partial charge is 0.282 e. The van der Waals surface area contributed by atoms with Gasteiger partial charge in [0, 0.05) is 42.5 Å². The number of hydrogen-bond acceptors (Lipinski definition) is 6. The molecule has 8 nitrogen and oxygen atoms in total. The molecular formula is C33H34ClFN4O4S. The van der Waals surface area contributed by atoms with Crippen LogP contribution in [0.4, 0.5) is 10.1 Å². The van der Waals surface area contributed by atoms with Gasteiger partial charge in [-0.1, -0.05) is 55.3 Å². The normalized spacial score (nSPS) is 17.6. The second-order valence-electron chi connectivity index (χ2n) is 12.1. The van der Waals surface area contributed by atoms with Gasteiger partial charge < -0.3 is 0 Å². The molecule has 1 aliphatic carbocycles. The number of carbonyl (C=O) groups is 1. The largest absolute Gasteiger partial charge is 0.295 e. The number of allylic oxidation sites excluding steroid dienone is 1. The lowest BCUT2D eigenvalue weighted by molar-refractivity contribution is -0.385. The van der Waals surface area contributed by atoms with Crippen molar-refractivity contribution in [3.05, 3.63) is 110 Å². The number of amides is 1. The van der Waals surface area contributed by atoms with Gasteiger partial charge in [0.1, 0.15) is 11.5 Å². The molecule has 5 rings (SSSR count). The van der Waals surface area contributed by atoms with E-state index in [1.54, 1.807) is 6.07 Å². The average Bonchev–Trinajstić information content (AvgIpc) is 2.98. The molecule has 1 amide bonds. The van der Waals surface area contributed by atoms with Crippen LogP contribution in [0.3, 0.4) is 0 Å². The number of pyridine rings is 1. The highest BCUT2D eigenvalue weighted by Gasteiger charge is 2.29. The summed E-state index contributed by atoms with van der Waals surface area (Å²) in [6.07, 6.45) is 6.07. The maximum atomic E-state index is 15.1. The van der Waals surface area contributed by atoms with Gasteiger partial charge in [0.25, 0.3) is 11.6 Å². The van der Waals surface area contributed by atoms with Crippen molar-refractivity contribution in [2.75, 3.05) is 19.6 Å². The van der Waals surface area contributed by atoms with Crippen LogP contribution < -0.4 is 4.72 Å². The molecular weight excluding hydrogens is 603 g/mol. The van der Waals surface area contributed by atoms with Crippen molar-refractivity contribution in [3.8, 4) is 0 Å². The summed E-state index contributed by atoms with van der Waals surface area (Å²) in [6, 6.07) is 14.7. The van der Waals surface area contributed by atoms with Crippen LogP contribution in [0, 0.1) is 28.3 Å². The molecule has 2 aliphatic rings. The Morgan fingerprint density at radius 3 is 2.52 bits per heavy atom. The number of nitrogens with zero attached hydrogens (tertiary/aromatic N) is 3. The molecule has 1 N–H and O–H groups in total. The number of carbonyl (C=O) groups excluding carboxylic acids is 1. The Bertz CT molecular complexity index is 1700. The van der Waals surface area contributed by atoms with E-state index in [9.17, 15) is 19.1 Å². The van der Waals surface area contributed by atoms with Crippen LogP contribution in [-0.2, 0) is 11.0 Å². The quantitative estimate of drug-likeness (QED) is 0.206. The molecule has 2 aromatic carbocycles. The molecule has 2 heterocycles. The number of hydrogen-bond donors (Lipinski definition) is 1. The molecule has 0 bridgehead atoms. The van der Waals surface area contributed by atoms with Gasteiger partial charge in [-0.05, 0) is 84.6 Å². The highest BCUT2D eigenvalue weighted by molar-refractivity contribution is 7.83. The third-order valence-corrected chi connectivity index (χ3v) is 9.51. The molecule has 1 aromatic heterocycles. The summed E-state index contributed by atoms with van der Waals surface area (Å²) in [6.45, 7) is 8.58. The van der Waals surface area contributed by atoms with E-state index < -0.39 is 27.6 Å². The van der Waals surface area contributed by atoms with Crippen molar-refractivity contribution >= 4 is 45.3 Å². The summed E-state index contributed by atoms with van der Waals surface area (Å²) >= 11 is 6.15. The third-order valence-electron chi connectivity index (χ3n) is 8.16. The lowest BCUT2D eigenvalue weighted by Crippen LogP contribution is -2.32. The number of aromatic nitrogens is 1. The maximum Gasteiger partial charge on any atom is 0.282 e. The number of rotatable bonds is 8. The Balaban J connectivity index is 1.26. The first kappa shape index (κ1) is 31.7. The van der Waals surface area contributed by atoms with Crippen LogP contribution in [0.25, 0.3) is 11.1 Å². The van der Waals surface area contributed by atoms with Crippen LogP contribution in [0.5, 0.6) is 0 Å². The van der Waals surface area contributed by atoms with E-state index in [-0.39, 0.29) is 27.4 Å². The van der Waals surface area contributed by atoms with Gasteiger partial charge in [0.15, 0.2) is 11.0 Å². The van der Waals surface area contributed by atoms with E-state index in [0.717, 1.165) is 62.0 Å². The van der Waals surface area contributed by atoms with Gasteiger partial charge in [0.2, 0.25) is 0 Å². The first-order valence-corrected chi connectivity index (χ1v) is 16.0. The topological polar surface area (TPSA) is 105 Å².